The third kappa shape index (κ3) is 5.47. The highest BCUT2D eigenvalue weighted by molar-refractivity contribution is 5.97. The molecule has 2 fully saturated rings. The molecular weight excluding hydrogens is 456 g/mol. The van der Waals surface area contributed by atoms with Crippen molar-refractivity contribution in [1.82, 2.24) is 19.9 Å². The second kappa shape index (κ2) is 10.8. The standard InChI is InChI=1S/C27H36N6O3/c1-3-20(16-34)30-24-13-25(28-14-18-8-10-36-11-9-18)33-26(32-24)23(15-29-33)19-4-7-22(17(2)12-19)27(35)31-21-5-6-21/h4,7,12-13,15,18,20-21,28,34H,3,5-6,8-11,14,16H2,1-2H3,(H,30,32)(H,31,35)/t20-/m1/s1. The fourth-order valence-corrected chi connectivity index (χ4v) is 4.63. The van der Waals surface area contributed by atoms with E-state index in [0.29, 0.717) is 23.3 Å². The molecule has 1 atom stereocenters. The molecule has 36 heavy (non-hydrogen) atoms. The van der Waals surface area contributed by atoms with Crippen LogP contribution in [0.4, 0.5) is 11.6 Å². The van der Waals surface area contributed by atoms with E-state index in [4.69, 9.17) is 9.72 Å². The lowest BCUT2D eigenvalue weighted by Gasteiger charge is -2.23. The van der Waals surface area contributed by atoms with Gasteiger partial charge >= 0.3 is 0 Å². The molecule has 0 unspecified atom stereocenters. The van der Waals surface area contributed by atoms with Gasteiger partial charge in [-0.25, -0.2) is 4.98 Å². The Hall–Kier alpha value is -3.17. The van der Waals surface area contributed by atoms with Crippen LogP contribution in [0.1, 0.15) is 54.9 Å². The minimum Gasteiger partial charge on any atom is -0.394 e. The summed E-state index contributed by atoms with van der Waals surface area (Å²) in [6, 6.07) is 8.07. The van der Waals surface area contributed by atoms with Gasteiger partial charge in [-0.05, 0) is 62.1 Å². The Balaban J connectivity index is 1.47. The Morgan fingerprint density at radius 3 is 2.72 bits per heavy atom. The van der Waals surface area contributed by atoms with Crippen molar-refractivity contribution in [3.63, 3.8) is 0 Å². The minimum absolute atomic E-state index is 0.0137. The minimum atomic E-state index is -0.0822. The maximum atomic E-state index is 12.6. The van der Waals surface area contributed by atoms with E-state index in [1.807, 2.05) is 48.8 Å². The molecule has 1 saturated carbocycles. The molecule has 4 N–H and O–H groups in total. The summed E-state index contributed by atoms with van der Waals surface area (Å²) in [6.07, 6.45) is 6.82. The number of aliphatic hydroxyl groups excluding tert-OH is 1. The van der Waals surface area contributed by atoms with Crippen molar-refractivity contribution in [1.29, 1.82) is 0 Å². The van der Waals surface area contributed by atoms with Gasteiger partial charge in [0.25, 0.3) is 5.91 Å². The molecule has 1 aliphatic heterocycles. The summed E-state index contributed by atoms with van der Waals surface area (Å²) in [6.45, 7) is 6.47. The van der Waals surface area contributed by atoms with Gasteiger partial charge in [0.2, 0.25) is 0 Å². The molecule has 192 valence electrons. The maximum absolute atomic E-state index is 12.6. The molecule has 0 radical (unpaired) electrons. The first-order valence-electron chi connectivity index (χ1n) is 13.1. The van der Waals surface area contributed by atoms with Crippen LogP contribution < -0.4 is 16.0 Å². The molecule has 3 aromatic rings. The van der Waals surface area contributed by atoms with Crippen LogP contribution in [-0.2, 0) is 4.74 Å². The summed E-state index contributed by atoms with van der Waals surface area (Å²) in [7, 11) is 0. The summed E-state index contributed by atoms with van der Waals surface area (Å²) in [5, 5.41) is 24.4. The van der Waals surface area contributed by atoms with Gasteiger partial charge in [0.15, 0.2) is 5.65 Å². The molecule has 5 rings (SSSR count). The number of hydrogen-bond acceptors (Lipinski definition) is 7. The van der Waals surface area contributed by atoms with E-state index < -0.39 is 0 Å². The van der Waals surface area contributed by atoms with Crippen molar-refractivity contribution in [3.8, 4) is 11.1 Å². The van der Waals surface area contributed by atoms with E-state index in [2.05, 4.69) is 21.0 Å². The molecule has 9 heteroatoms. The predicted octanol–water partition coefficient (Wildman–Crippen LogP) is 3.62. The average Bonchev–Trinajstić information content (AvgIpc) is 3.61. The van der Waals surface area contributed by atoms with Crippen LogP contribution in [0.3, 0.4) is 0 Å². The molecule has 0 spiro atoms. The van der Waals surface area contributed by atoms with Crippen LogP contribution >= 0.6 is 0 Å². The average molecular weight is 493 g/mol. The number of aliphatic hydroxyl groups is 1. The molecule has 9 nitrogen and oxygen atoms in total. The highest BCUT2D eigenvalue weighted by Crippen LogP contribution is 2.30. The van der Waals surface area contributed by atoms with Crippen LogP contribution in [0.5, 0.6) is 0 Å². The summed E-state index contributed by atoms with van der Waals surface area (Å²) in [5.41, 5.74) is 4.19. The zero-order valence-electron chi connectivity index (χ0n) is 21.1. The Morgan fingerprint density at radius 1 is 1.22 bits per heavy atom. The number of rotatable bonds is 10. The van der Waals surface area contributed by atoms with Crippen LogP contribution in [0.15, 0.2) is 30.5 Å². The number of nitrogens with one attached hydrogen (secondary N) is 3. The van der Waals surface area contributed by atoms with Gasteiger partial charge in [0.05, 0.1) is 18.8 Å². The highest BCUT2D eigenvalue weighted by Gasteiger charge is 2.25. The number of anilines is 2. The number of amides is 1. The number of fused-ring (bicyclic) bond motifs is 1. The Kier molecular flexibility index (Phi) is 7.38. The topological polar surface area (TPSA) is 113 Å². The monoisotopic (exact) mass is 492 g/mol. The maximum Gasteiger partial charge on any atom is 0.251 e. The first-order valence-corrected chi connectivity index (χ1v) is 13.1. The lowest BCUT2D eigenvalue weighted by atomic mass is 10.0. The van der Waals surface area contributed by atoms with E-state index in [-0.39, 0.29) is 18.6 Å². The molecule has 2 aliphatic rings. The number of aromatic nitrogens is 3. The number of carbonyl (C=O) groups excluding carboxylic acids is 1. The van der Waals surface area contributed by atoms with Crippen molar-refractivity contribution in [2.45, 2.75) is 58.0 Å². The van der Waals surface area contributed by atoms with E-state index >= 15 is 0 Å². The highest BCUT2D eigenvalue weighted by atomic mass is 16.5. The van der Waals surface area contributed by atoms with Gasteiger partial charge in [-0.3, -0.25) is 4.79 Å². The second-order valence-corrected chi connectivity index (χ2v) is 9.97. The molecule has 1 aromatic carbocycles. The van der Waals surface area contributed by atoms with Crippen LogP contribution in [-0.4, -0.2) is 64.1 Å². The summed E-state index contributed by atoms with van der Waals surface area (Å²) >= 11 is 0. The first kappa shape index (κ1) is 24.5. The third-order valence-corrected chi connectivity index (χ3v) is 7.14. The second-order valence-electron chi connectivity index (χ2n) is 9.97. The number of carbonyl (C=O) groups is 1. The summed E-state index contributed by atoms with van der Waals surface area (Å²) in [5.74, 6) is 2.08. The van der Waals surface area contributed by atoms with Crippen LogP contribution in [0, 0.1) is 12.8 Å². The molecule has 3 heterocycles. The van der Waals surface area contributed by atoms with Crippen molar-refractivity contribution in [3.05, 3.63) is 41.6 Å². The number of ether oxygens (including phenoxy) is 1. The SMILES string of the molecule is CC[C@H](CO)Nc1cc(NCC2CCOCC2)n2ncc(-c3ccc(C(=O)NC4CC4)c(C)c3)c2n1. The third-order valence-electron chi connectivity index (χ3n) is 7.14. The van der Waals surface area contributed by atoms with Gasteiger partial charge in [-0.15, -0.1) is 0 Å². The van der Waals surface area contributed by atoms with E-state index in [0.717, 1.165) is 80.0 Å². The summed E-state index contributed by atoms with van der Waals surface area (Å²) in [4.78, 5) is 17.5. The molecule has 0 bridgehead atoms. The number of hydrogen-bond donors (Lipinski definition) is 4. The lowest BCUT2D eigenvalue weighted by Crippen LogP contribution is -2.26. The predicted molar refractivity (Wildman–Crippen MR) is 140 cm³/mol. The van der Waals surface area contributed by atoms with Crippen LogP contribution in [0.2, 0.25) is 0 Å². The van der Waals surface area contributed by atoms with Gasteiger partial charge in [-0.1, -0.05) is 19.1 Å². The zero-order valence-corrected chi connectivity index (χ0v) is 21.1. The Bertz CT molecular complexity index is 1210. The van der Waals surface area contributed by atoms with Gasteiger partial charge in [0.1, 0.15) is 11.6 Å². The number of benzene rings is 1. The fraction of sp³-hybridized carbons (Fsp3) is 0.519. The molecule has 1 saturated heterocycles. The largest absolute Gasteiger partial charge is 0.394 e. The van der Waals surface area contributed by atoms with Crippen molar-refractivity contribution in [2.24, 2.45) is 5.92 Å². The van der Waals surface area contributed by atoms with Gasteiger partial charge < -0.3 is 25.8 Å². The normalized spacial score (nSPS) is 17.2. The Morgan fingerprint density at radius 2 is 2.03 bits per heavy atom. The Labute approximate surface area is 211 Å². The zero-order chi connectivity index (χ0) is 25.1. The quantitative estimate of drug-likeness (QED) is 0.342. The fourth-order valence-electron chi connectivity index (χ4n) is 4.63. The molecule has 1 amide bonds. The lowest BCUT2D eigenvalue weighted by molar-refractivity contribution is 0.0699. The first-order chi connectivity index (χ1) is 17.6. The molecule has 2 aromatic heterocycles. The number of nitrogens with zero attached hydrogens (tertiary/aromatic N) is 3. The molecule has 1 aliphatic carbocycles. The van der Waals surface area contributed by atoms with Crippen LogP contribution in [0.25, 0.3) is 16.8 Å². The van der Waals surface area contributed by atoms with Gasteiger partial charge in [0, 0.05) is 43.0 Å². The number of aryl methyl sites for hydroxylation is 1. The van der Waals surface area contributed by atoms with E-state index in [1.54, 1.807) is 0 Å². The van der Waals surface area contributed by atoms with E-state index in [9.17, 15) is 9.90 Å². The summed E-state index contributed by atoms with van der Waals surface area (Å²) < 4.78 is 7.34. The smallest absolute Gasteiger partial charge is 0.251 e. The van der Waals surface area contributed by atoms with Gasteiger partial charge in [-0.2, -0.15) is 9.61 Å². The van der Waals surface area contributed by atoms with Crippen molar-refractivity contribution in [2.75, 3.05) is 37.0 Å². The molecular formula is C27H36N6O3. The van der Waals surface area contributed by atoms with E-state index in [1.165, 1.54) is 0 Å². The van der Waals surface area contributed by atoms with Crippen molar-refractivity contribution >= 4 is 23.2 Å². The van der Waals surface area contributed by atoms with Crippen molar-refractivity contribution < 1.29 is 14.6 Å².